The number of aliphatic hydroxyl groups is 1. The summed E-state index contributed by atoms with van der Waals surface area (Å²) in [5, 5.41) is 23.9. The average Bonchev–Trinajstić information content (AvgIpc) is 3.85. The Balaban J connectivity index is 1.14. The predicted octanol–water partition coefficient (Wildman–Crippen LogP) is 11.1. The van der Waals surface area contributed by atoms with Gasteiger partial charge in [0.1, 0.15) is 47.6 Å². The van der Waals surface area contributed by atoms with Gasteiger partial charge in [-0.25, -0.2) is 13.6 Å². The Labute approximate surface area is 391 Å². The highest BCUT2D eigenvalue weighted by molar-refractivity contribution is 6.78. The first-order valence-electron chi connectivity index (χ1n) is 23.6. The molecular weight excluding hydrogens is 879 g/mol. The molecule has 2 aromatic heterocycles. The van der Waals surface area contributed by atoms with Crippen LogP contribution < -0.4 is 18.8 Å². The van der Waals surface area contributed by atoms with Crippen LogP contribution in [0, 0.1) is 21.7 Å². The largest absolute Gasteiger partial charge is 0.543 e. The second-order valence-corrected chi connectivity index (χ2v) is 25.2. The normalized spacial score (nSPS) is 21.2. The molecule has 8 rings (SSSR count). The Morgan fingerprint density at radius 3 is 2.36 bits per heavy atom. The third-order valence-corrected chi connectivity index (χ3v) is 20.5. The Bertz CT molecular complexity index is 2650. The molecule has 17 heteroatoms. The van der Waals surface area contributed by atoms with Crippen LogP contribution in [0.25, 0.3) is 32.9 Å². The molecule has 3 saturated heterocycles. The molecule has 5 aromatic rings. The van der Waals surface area contributed by atoms with Crippen molar-refractivity contribution >= 4 is 47.7 Å². The van der Waals surface area contributed by atoms with E-state index >= 15 is 8.78 Å². The molecule has 67 heavy (non-hydrogen) atoms. The molecule has 5 heterocycles. The maximum absolute atomic E-state index is 17.8. The highest BCUT2D eigenvalue weighted by atomic mass is 28.4. The number of aryl methyl sites for hydroxylation is 1. The number of aromatic nitrogens is 3. The lowest BCUT2D eigenvalue weighted by Crippen LogP contribution is -2.50. The summed E-state index contributed by atoms with van der Waals surface area (Å²) in [4.78, 5) is 41.8. The summed E-state index contributed by atoms with van der Waals surface area (Å²) >= 11 is 0. The quantitative estimate of drug-likeness (QED) is 0.0347. The standard InChI is InChI=1S/C50H62F2N6O8Si/c1-9-38-41(51)17-12-33-24-37(66-67(30(2)3,31(4)5)32(6)7)25-39(42(33)38)44-43(52)45-40(26-53-44)46(56-22-10-19-49(8,60)28-56)55-47(54-45)64-29-50-20-11-23-57(50)35(18-21-50)27-63-48(59)65-36-15-13-34(14-16-36)58(61)62/h12-17,24-26,30-32,35,60H,9-11,18-23,27-29H2,1-8H3/t35-,49+,50+/m0/s1. The highest BCUT2D eigenvalue weighted by Gasteiger charge is 2.51. The molecule has 1 N–H and O–H groups in total. The molecule has 0 radical (unpaired) electrons. The zero-order valence-corrected chi connectivity index (χ0v) is 40.7. The van der Waals surface area contributed by atoms with Crippen molar-refractivity contribution < 1.29 is 42.2 Å². The first-order valence-corrected chi connectivity index (χ1v) is 25.8. The number of hydrogen-bond acceptors (Lipinski definition) is 13. The molecule has 3 aliphatic rings. The number of fused-ring (bicyclic) bond motifs is 3. The molecule has 0 aliphatic carbocycles. The fourth-order valence-corrected chi connectivity index (χ4v) is 16.7. The van der Waals surface area contributed by atoms with Crippen molar-refractivity contribution in [2.24, 2.45) is 0 Å². The van der Waals surface area contributed by atoms with Crippen molar-refractivity contribution in [2.75, 3.05) is 37.7 Å². The number of hydrogen-bond donors (Lipinski definition) is 1. The molecule has 0 spiro atoms. The highest BCUT2D eigenvalue weighted by Crippen LogP contribution is 2.47. The lowest BCUT2D eigenvalue weighted by atomic mass is 9.94. The maximum Gasteiger partial charge on any atom is 0.513 e. The lowest BCUT2D eigenvalue weighted by Gasteiger charge is -2.42. The van der Waals surface area contributed by atoms with Crippen molar-refractivity contribution in [1.82, 2.24) is 19.9 Å². The minimum absolute atomic E-state index is 0.00157. The third-order valence-electron chi connectivity index (χ3n) is 14.5. The molecule has 0 unspecified atom stereocenters. The summed E-state index contributed by atoms with van der Waals surface area (Å²) in [5.41, 5.74) is 0.0922. The van der Waals surface area contributed by atoms with Crippen LogP contribution in [0.2, 0.25) is 16.6 Å². The minimum Gasteiger partial charge on any atom is -0.543 e. The van der Waals surface area contributed by atoms with Gasteiger partial charge >= 0.3 is 12.2 Å². The van der Waals surface area contributed by atoms with Gasteiger partial charge in [-0.05, 0) is 122 Å². The van der Waals surface area contributed by atoms with Crippen LogP contribution in [0.4, 0.5) is 25.1 Å². The van der Waals surface area contributed by atoms with E-state index in [0.717, 1.165) is 37.6 Å². The second kappa shape index (κ2) is 18.9. The molecule has 3 aliphatic heterocycles. The number of anilines is 1. The van der Waals surface area contributed by atoms with Gasteiger partial charge < -0.3 is 28.6 Å². The van der Waals surface area contributed by atoms with Gasteiger partial charge in [-0.15, -0.1) is 0 Å². The van der Waals surface area contributed by atoms with Gasteiger partial charge in [0.05, 0.1) is 21.4 Å². The number of β-amino-alcohol motifs (C(OH)–C–C–N with tert-alkyl or cyclic N) is 1. The topological polar surface area (TPSA) is 163 Å². The Morgan fingerprint density at radius 1 is 0.970 bits per heavy atom. The summed E-state index contributed by atoms with van der Waals surface area (Å²) in [6, 6.07) is 12.0. The van der Waals surface area contributed by atoms with Crippen molar-refractivity contribution in [3.05, 3.63) is 82.0 Å². The average molecular weight is 941 g/mol. The molecule has 3 atom stereocenters. The van der Waals surface area contributed by atoms with E-state index in [1.807, 2.05) is 24.0 Å². The van der Waals surface area contributed by atoms with Crippen LogP contribution in [-0.4, -0.2) is 94.4 Å². The van der Waals surface area contributed by atoms with Gasteiger partial charge in [-0.3, -0.25) is 20.0 Å². The van der Waals surface area contributed by atoms with Crippen molar-refractivity contribution in [3.63, 3.8) is 0 Å². The van der Waals surface area contributed by atoms with E-state index in [0.29, 0.717) is 59.3 Å². The van der Waals surface area contributed by atoms with E-state index < -0.39 is 36.4 Å². The molecule has 0 saturated carbocycles. The molecular formula is C50H62F2N6O8Si. The first-order chi connectivity index (χ1) is 31.9. The van der Waals surface area contributed by atoms with Gasteiger partial charge in [-0.2, -0.15) is 9.97 Å². The molecule has 14 nitrogen and oxygen atoms in total. The predicted molar refractivity (Wildman–Crippen MR) is 256 cm³/mol. The lowest BCUT2D eigenvalue weighted by molar-refractivity contribution is -0.384. The molecule has 358 valence electrons. The van der Waals surface area contributed by atoms with Crippen LogP contribution in [0.3, 0.4) is 0 Å². The van der Waals surface area contributed by atoms with Crippen LogP contribution >= 0.6 is 0 Å². The van der Waals surface area contributed by atoms with Crippen molar-refractivity contribution in [3.8, 4) is 28.8 Å². The maximum atomic E-state index is 17.8. The van der Waals surface area contributed by atoms with E-state index in [1.165, 1.54) is 30.3 Å². The number of nitro benzene ring substituents is 1. The monoisotopic (exact) mass is 940 g/mol. The zero-order chi connectivity index (χ0) is 48.0. The van der Waals surface area contributed by atoms with Gasteiger partial charge in [-0.1, -0.05) is 54.5 Å². The van der Waals surface area contributed by atoms with E-state index in [4.69, 9.17) is 33.6 Å². The first kappa shape index (κ1) is 48.0. The number of nitro groups is 1. The van der Waals surface area contributed by atoms with Crippen molar-refractivity contribution in [2.45, 2.75) is 134 Å². The zero-order valence-electron chi connectivity index (χ0n) is 39.7. The van der Waals surface area contributed by atoms with E-state index in [-0.39, 0.29) is 76.9 Å². The third kappa shape index (κ3) is 9.26. The van der Waals surface area contributed by atoms with E-state index in [2.05, 4.69) is 46.4 Å². The van der Waals surface area contributed by atoms with Crippen LogP contribution in [-0.2, 0) is 11.2 Å². The number of non-ortho nitro benzene ring substituents is 1. The van der Waals surface area contributed by atoms with Crippen LogP contribution in [0.5, 0.6) is 17.5 Å². The van der Waals surface area contributed by atoms with Crippen LogP contribution in [0.15, 0.2) is 54.7 Å². The summed E-state index contributed by atoms with van der Waals surface area (Å²) in [7, 11) is -2.48. The van der Waals surface area contributed by atoms with Crippen LogP contribution in [0.1, 0.15) is 99.5 Å². The SMILES string of the molecule is CCc1c(F)ccc2cc(O[Si](C(C)C)(C(C)C)C(C)C)cc(-c3ncc4c(N5CCC[C@@](C)(O)C5)nc(OC[C@]56CCCN5[C@H](COC(=O)Oc5ccc([N+](=O)[O-])cc5)CC6)nc4c3F)c12. The second-order valence-electron chi connectivity index (χ2n) is 19.8. The minimum atomic E-state index is -2.48. The van der Waals surface area contributed by atoms with Gasteiger partial charge in [0.15, 0.2) is 5.82 Å². The number of pyridine rings is 1. The number of rotatable bonds is 15. The Hall–Kier alpha value is -5.52. The molecule has 0 amide bonds. The van der Waals surface area contributed by atoms with E-state index in [9.17, 15) is 20.0 Å². The smallest absolute Gasteiger partial charge is 0.513 e. The Kier molecular flexibility index (Phi) is 13.5. The van der Waals surface area contributed by atoms with Gasteiger partial charge in [0, 0.05) is 43.0 Å². The fourth-order valence-electron chi connectivity index (χ4n) is 11.5. The summed E-state index contributed by atoms with van der Waals surface area (Å²) in [5.74, 6) is 0.0177. The fraction of sp³-hybridized carbons (Fsp3) is 0.520. The van der Waals surface area contributed by atoms with Gasteiger partial charge in [0.2, 0.25) is 0 Å². The van der Waals surface area contributed by atoms with Gasteiger partial charge in [0.25, 0.3) is 14.0 Å². The Morgan fingerprint density at radius 2 is 1.69 bits per heavy atom. The number of halogens is 2. The summed E-state index contributed by atoms with van der Waals surface area (Å²) in [6.45, 7) is 18.7. The molecule has 3 fully saturated rings. The number of piperidine rings is 1. The number of benzene rings is 3. The summed E-state index contributed by atoms with van der Waals surface area (Å²) < 4.78 is 58.0. The van der Waals surface area contributed by atoms with E-state index in [1.54, 1.807) is 19.2 Å². The number of carbonyl (C=O) groups is 1. The molecule has 0 bridgehead atoms. The number of nitrogens with zero attached hydrogens (tertiary/aromatic N) is 6. The molecule has 3 aromatic carbocycles. The number of ether oxygens (including phenoxy) is 3. The van der Waals surface area contributed by atoms with Crippen molar-refractivity contribution in [1.29, 1.82) is 0 Å². The number of carbonyl (C=O) groups excluding carboxylic acids is 1. The summed E-state index contributed by atoms with van der Waals surface area (Å²) in [6.07, 6.45) is 5.47.